The van der Waals surface area contributed by atoms with Crippen LogP contribution >= 0.6 is 15.9 Å². The van der Waals surface area contributed by atoms with Crippen LogP contribution in [0.25, 0.3) is 0 Å². The molecule has 0 aromatic heterocycles. The van der Waals surface area contributed by atoms with E-state index in [1.54, 1.807) is 0 Å². The second-order valence-corrected chi connectivity index (χ2v) is 4.81. The smallest absolute Gasteiger partial charge is 0.0268 e. The standard InChI is InChI=1S/C7H12BrN/c1-7(8)4-2-6(9)3-5-7/h2H,3-5,9H2,1H3. The molecule has 0 spiro atoms. The van der Waals surface area contributed by atoms with Crippen molar-refractivity contribution in [1.82, 2.24) is 0 Å². The van der Waals surface area contributed by atoms with E-state index in [2.05, 4.69) is 28.9 Å². The first-order valence-electron chi connectivity index (χ1n) is 3.24. The van der Waals surface area contributed by atoms with Gasteiger partial charge in [0.1, 0.15) is 0 Å². The molecule has 0 heterocycles. The van der Waals surface area contributed by atoms with Crippen molar-refractivity contribution in [2.75, 3.05) is 0 Å². The highest BCUT2D eigenvalue weighted by molar-refractivity contribution is 9.10. The van der Waals surface area contributed by atoms with E-state index >= 15 is 0 Å². The Balaban J connectivity index is 2.56. The minimum atomic E-state index is 0.315. The van der Waals surface area contributed by atoms with E-state index < -0.39 is 0 Å². The van der Waals surface area contributed by atoms with Crippen LogP contribution in [0.15, 0.2) is 11.8 Å². The minimum Gasteiger partial charge on any atom is -0.402 e. The van der Waals surface area contributed by atoms with Gasteiger partial charge in [-0.3, -0.25) is 0 Å². The Labute approximate surface area is 64.4 Å². The summed E-state index contributed by atoms with van der Waals surface area (Å²) in [6, 6.07) is 0. The van der Waals surface area contributed by atoms with Gasteiger partial charge in [0.25, 0.3) is 0 Å². The second-order valence-electron chi connectivity index (χ2n) is 2.90. The molecule has 0 aliphatic heterocycles. The van der Waals surface area contributed by atoms with E-state index in [9.17, 15) is 0 Å². The summed E-state index contributed by atoms with van der Waals surface area (Å²) >= 11 is 3.62. The SMILES string of the molecule is CC1(Br)CC=C(N)CC1. The van der Waals surface area contributed by atoms with Gasteiger partial charge in [0, 0.05) is 10.0 Å². The fourth-order valence-electron chi connectivity index (χ4n) is 0.953. The summed E-state index contributed by atoms with van der Waals surface area (Å²) in [6.07, 6.45) is 5.38. The van der Waals surface area contributed by atoms with Crippen LogP contribution in [0.4, 0.5) is 0 Å². The molecular formula is C7H12BrN. The molecule has 0 saturated heterocycles. The van der Waals surface area contributed by atoms with E-state index in [1.807, 2.05) is 0 Å². The fraction of sp³-hybridized carbons (Fsp3) is 0.714. The maximum Gasteiger partial charge on any atom is 0.0268 e. The normalized spacial score (nSPS) is 36.0. The zero-order chi connectivity index (χ0) is 6.91. The number of rotatable bonds is 0. The molecular weight excluding hydrogens is 178 g/mol. The van der Waals surface area contributed by atoms with Gasteiger partial charge in [-0.15, -0.1) is 0 Å². The predicted octanol–water partition coefficient (Wildman–Crippen LogP) is 2.17. The maximum absolute atomic E-state index is 5.60. The van der Waals surface area contributed by atoms with E-state index in [0.29, 0.717) is 4.32 Å². The molecule has 0 aromatic carbocycles. The highest BCUT2D eigenvalue weighted by Crippen LogP contribution is 2.32. The summed E-state index contributed by atoms with van der Waals surface area (Å²) in [4.78, 5) is 0. The van der Waals surface area contributed by atoms with E-state index in [1.165, 1.54) is 0 Å². The number of allylic oxidation sites excluding steroid dienone is 2. The lowest BCUT2D eigenvalue weighted by atomic mass is 9.94. The fourth-order valence-corrected chi connectivity index (χ4v) is 1.31. The van der Waals surface area contributed by atoms with Crippen molar-refractivity contribution >= 4 is 15.9 Å². The molecule has 1 aliphatic rings. The van der Waals surface area contributed by atoms with Gasteiger partial charge in [0.2, 0.25) is 0 Å². The van der Waals surface area contributed by atoms with E-state index in [0.717, 1.165) is 25.0 Å². The Bertz CT molecular complexity index is 138. The van der Waals surface area contributed by atoms with Crippen LogP contribution in [0.5, 0.6) is 0 Å². The average molecular weight is 190 g/mol. The van der Waals surface area contributed by atoms with E-state index in [-0.39, 0.29) is 0 Å². The van der Waals surface area contributed by atoms with Crippen LogP contribution in [0.3, 0.4) is 0 Å². The van der Waals surface area contributed by atoms with Gasteiger partial charge in [0.05, 0.1) is 0 Å². The van der Waals surface area contributed by atoms with Gasteiger partial charge in [-0.05, 0) is 26.2 Å². The molecule has 0 bridgehead atoms. The summed E-state index contributed by atoms with van der Waals surface area (Å²) in [5, 5.41) is 0. The Morgan fingerprint density at radius 2 is 2.44 bits per heavy atom. The summed E-state index contributed by atoms with van der Waals surface area (Å²) in [6.45, 7) is 2.20. The first-order chi connectivity index (χ1) is 4.10. The lowest BCUT2D eigenvalue weighted by Crippen LogP contribution is -2.20. The maximum atomic E-state index is 5.60. The topological polar surface area (TPSA) is 26.0 Å². The van der Waals surface area contributed by atoms with Crippen molar-refractivity contribution in [3.63, 3.8) is 0 Å². The van der Waals surface area contributed by atoms with Crippen LogP contribution in [0.1, 0.15) is 26.2 Å². The molecule has 0 amide bonds. The molecule has 0 radical (unpaired) electrons. The highest BCUT2D eigenvalue weighted by Gasteiger charge is 2.21. The van der Waals surface area contributed by atoms with Crippen molar-refractivity contribution in [3.8, 4) is 0 Å². The third kappa shape index (κ3) is 2.01. The molecule has 9 heavy (non-hydrogen) atoms. The summed E-state index contributed by atoms with van der Waals surface area (Å²) < 4.78 is 0.315. The minimum absolute atomic E-state index is 0.315. The Hall–Kier alpha value is 0.0200. The van der Waals surface area contributed by atoms with Crippen molar-refractivity contribution in [2.45, 2.75) is 30.5 Å². The van der Waals surface area contributed by atoms with Crippen LogP contribution < -0.4 is 5.73 Å². The predicted molar refractivity (Wildman–Crippen MR) is 43.5 cm³/mol. The van der Waals surface area contributed by atoms with Crippen LogP contribution in [0.2, 0.25) is 0 Å². The molecule has 1 rings (SSSR count). The molecule has 1 aliphatic carbocycles. The van der Waals surface area contributed by atoms with Gasteiger partial charge in [-0.25, -0.2) is 0 Å². The van der Waals surface area contributed by atoms with Gasteiger partial charge in [-0.2, -0.15) is 0 Å². The van der Waals surface area contributed by atoms with Gasteiger partial charge in [0.15, 0.2) is 0 Å². The van der Waals surface area contributed by atoms with E-state index in [4.69, 9.17) is 5.73 Å². The largest absolute Gasteiger partial charge is 0.402 e. The lowest BCUT2D eigenvalue weighted by Gasteiger charge is -2.24. The first kappa shape index (κ1) is 7.13. The van der Waals surface area contributed by atoms with Crippen LogP contribution in [-0.2, 0) is 0 Å². The first-order valence-corrected chi connectivity index (χ1v) is 4.03. The van der Waals surface area contributed by atoms with Crippen molar-refractivity contribution in [2.24, 2.45) is 5.73 Å². The molecule has 2 heteroatoms. The molecule has 1 atom stereocenters. The third-order valence-electron chi connectivity index (χ3n) is 1.72. The number of alkyl halides is 1. The zero-order valence-electron chi connectivity index (χ0n) is 5.65. The molecule has 0 aromatic rings. The molecule has 2 N–H and O–H groups in total. The van der Waals surface area contributed by atoms with Crippen molar-refractivity contribution < 1.29 is 0 Å². The monoisotopic (exact) mass is 189 g/mol. The number of halogens is 1. The highest BCUT2D eigenvalue weighted by atomic mass is 79.9. The van der Waals surface area contributed by atoms with Gasteiger partial charge >= 0.3 is 0 Å². The Kier molecular flexibility index (Phi) is 1.85. The summed E-state index contributed by atoms with van der Waals surface area (Å²) in [5.74, 6) is 0. The van der Waals surface area contributed by atoms with Crippen LogP contribution in [0, 0.1) is 0 Å². The van der Waals surface area contributed by atoms with Crippen LogP contribution in [-0.4, -0.2) is 4.32 Å². The third-order valence-corrected chi connectivity index (χ3v) is 2.45. The van der Waals surface area contributed by atoms with Crippen molar-refractivity contribution in [3.05, 3.63) is 11.8 Å². The average Bonchev–Trinajstić information content (AvgIpc) is 1.78. The number of hydrogen-bond acceptors (Lipinski definition) is 1. The molecule has 1 nitrogen and oxygen atoms in total. The molecule has 52 valence electrons. The summed E-state index contributed by atoms with van der Waals surface area (Å²) in [5.41, 5.74) is 6.64. The molecule has 0 fully saturated rings. The molecule has 1 unspecified atom stereocenters. The summed E-state index contributed by atoms with van der Waals surface area (Å²) in [7, 11) is 0. The lowest BCUT2D eigenvalue weighted by molar-refractivity contribution is 0.573. The molecule has 0 saturated carbocycles. The Morgan fingerprint density at radius 1 is 1.78 bits per heavy atom. The number of hydrogen-bond donors (Lipinski definition) is 1. The van der Waals surface area contributed by atoms with Crippen molar-refractivity contribution in [1.29, 1.82) is 0 Å². The van der Waals surface area contributed by atoms with Gasteiger partial charge < -0.3 is 5.73 Å². The quantitative estimate of drug-likeness (QED) is 0.582. The zero-order valence-corrected chi connectivity index (χ0v) is 7.24. The second kappa shape index (κ2) is 2.33. The number of nitrogens with two attached hydrogens (primary N) is 1. The Morgan fingerprint density at radius 3 is 2.78 bits per heavy atom. The van der Waals surface area contributed by atoms with Gasteiger partial charge in [-0.1, -0.05) is 22.0 Å².